The maximum atomic E-state index is 12.4. The summed E-state index contributed by atoms with van der Waals surface area (Å²) >= 11 is 17.7. The summed E-state index contributed by atoms with van der Waals surface area (Å²) < 4.78 is 11.2. The van der Waals surface area contributed by atoms with E-state index in [4.69, 9.17) is 44.6 Å². The van der Waals surface area contributed by atoms with Crippen molar-refractivity contribution in [2.45, 2.75) is 6.92 Å². The molecule has 0 fully saturated rings. The number of hydrogen-bond acceptors (Lipinski definition) is 5. The minimum Gasteiger partial charge on any atom is -0.494 e. The highest BCUT2D eigenvalue weighted by Crippen LogP contribution is 2.33. The van der Waals surface area contributed by atoms with Crippen LogP contribution in [-0.4, -0.2) is 22.6 Å². The molecule has 0 radical (unpaired) electrons. The van der Waals surface area contributed by atoms with Gasteiger partial charge in [-0.15, -0.1) is 0 Å². The van der Waals surface area contributed by atoms with Crippen molar-refractivity contribution in [2.75, 3.05) is 11.9 Å². The monoisotopic (exact) mass is 485 g/mol. The first-order valence-electron chi connectivity index (χ1n) is 9.64. The van der Waals surface area contributed by atoms with Crippen molar-refractivity contribution in [1.29, 1.82) is 0 Å². The Hall–Kier alpha value is -3.13. The average Bonchev–Trinajstić information content (AvgIpc) is 3.18. The van der Waals surface area contributed by atoms with Gasteiger partial charge >= 0.3 is 0 Å². The number of fused-ring (bicyclic) bond motifs is 1. The van der Waals surface area contributed by atoms with Crippen LogP contribution in [0.15, 0.2) is 65.1 Å². The molecule has 2 N–H and O–H groups in total. The highest BCUT2D eigenvalue weighted by Gasteiger charge is 2.14. The van der Waals surface area contributed by atoms with Gasteiger partial charge in [0.1, 0.15) is 11.3 Å². The SMILES string of the molecule is CCOc1ccc(C(=O)NC(=S)Nc2ccc(Cl)c(-c3nc4cc(Cl)ccc4o3)c2)cc1. The minimum absolute atomic E-state index is 0.140. The molecule has 0 aliphatic heterocycles. The standard InChI is InChI=1S/C23H17Cl2N3O3S/c1-2-30-16-7-3-13(4-8-16)21(29)28-23(32)26-15-6-9-18(25)17(12-15)22-27-19-11-14(24)5-10-20(19)31-22/h3-12H,2H2,1H3,(H2,26,28,29,32). The lowest BCUT2D eigenvalue weighted by atomic mass is 10.2. The van der Waals surface area contributed by atoms with Gasteiger partial charge in [0, 0.05) is 16.3 Å². The molecule has 0 spiro atoms. The number of nitrogens with one attached hydrogen (secondary N) is 2. The third kappa shape index (κ3) is 5.02. The van der Waals surface area contributed by atoms with Crippen LogP contribution in [0.4, 0.5) is 5.69 Å². The summed E-state index contributed by atoms with van der Waals surface area (Å²) in [5.41, 5.74) is 2.86. The van der Waals surface area contributed by atoms with E-state index in [1.165, 1.54) is 0 Å². The van der Waals surface area contributed by atoms with Gasteiger partial charge in [-0.25, -0.2) is 4.98 Å². The van der Waals surface area contributed by atoms with E-state index >= 15 is 0 Å². The van der Waals surface area contributed by atoms with Crippen LogP contribution in [0.3, 0.4) is 0 Å². The average molecular weight is 486 g/mol. The molecule has 1 heterocycles. The Morgan fingerprint density at radius 2 is 1.88 bits per heavy atom. The van der Waals surface area contributed by atoms with E-state index in [-0.39, 0.29) is 11.0 Å². The Kier molecular flexibility index (Phi) is 6.60. The number of ether oxygens (including phenoxy) is 1. The molecule has 0 saturated carbocycles. The van der Waals surface area contributed by atoms with E-state index in [9.17, 15) is 4.79 Å². The highest BCUT2D eigenvalue weighted by atomic mass is 35.5. The molecule has 4 aromatic rings. The van der Waals surface area contributed by atoms with E-state index in [1.54, 1.807) is 60.7 Å². The minimum atomic E-state index is -0.337. The van der Waals surface area contributed by atoms with Gasteiger partial charge in [0.25, 0.3) is 5.91 Å². The number of amides is 1. The molecule has 0 bridgehead atoms. The summed E-state index contributed by atoms with van der Waals surface area (Å²) in [4.78, 5) is 16.9. The van der Waals surface area contributed by atoms with Crippen molar-refractivity contribution in [3.05, 3.63) is 76.3 Å². The molecule has 9 heteroatoms. The van der Waals surface area contributed by atoms with Crippen LogP contribution < -0.4 is 15.4 Å². The van der Waals surface area contributed by atoms with Crippen LogP contribution in [0.1, 0.15) is 17.3 Å². The lowest BCUT2D eigenvalue weighted by Gasteiger charge is -2.11. The van der Waals surface area contributed by atoms with Crippen molar-refractivity contribution >= 4 is 63.2 Å². The Balaban J connectivity index is 1.48. The zero-order chi connectivity index (χ0) is 22.7. The van der Waals surface area contributed by atoms with Gasteiger partial charge in [-0.3, -0.25) is 10.1 Å². The molecule has 0 saturated heterocycles. The van der Waals surface area contributed by atoms with Crippen LogP contribution in [0.2, 0.25) is 10.0 Å². The number of carbonyl (C=O) groups excluding carboxylic acids is 1. The Labute approximate surface area is 199 Å². The normalized spacial score (nSPS) is 10.7. The van der Waals surface area contributed by atoms with E-state index in [1.807, 2.05) is 6.92 Å². The maximum absolute atomic E-state index is 12.4. The van der Waals surface area contributed by atoms with Gasteiger partial charge in [0.2, 0.25) is 5.89 Å². The summed E-state index contributed by atoms with van der Waals surface area (Å²) in [5, 5.41) is 6.79. The highest BCUT2D eigenvalue weighted by molar-refractivity contribution is 7.80. The van der Waals surface area contributed by atoms with Crippen molar-refractivity contribution < 1.29 is 13.9 Å². The Morgan fingerprint density at radius 1 is 1.09 bits per heavy atom. The smallest absolute Gasteiger partial charge is 0.257 e. The zero-order valence-electron chi connectivity index (χ0n) is 16.8. The van der Waals surface area contributed by atoms with Gasteiger partial charge in [0.15, 0.2) is 10.7 Å². The summed E-state index contributed by atoms with van der Waals surface area (Å²) in [6.07, 6.45) is 0. The number of halogens is 2. The molecule has 0 aliphatic carbocycles. The molecule has 4 rings (SSSR count). The number of rotatable bonds is 5. The Bertz CT molecular complexity index is 1310. The predicted molar refractivity (Wildman–Crippen MR) is 131 cm³/mol. The van der Waals surface area contributed by atoms with E-state index in [0.29, 0.717) is 56.2 Å². The van der Waals surface area contributed by atoms with Crippen LogP contribution in [0.5, 0.6) is 5.75 Å². The second kappa shape index (κ2) is 9.56. The summed E-state index contributed by atoms with van der Waals surface area (Å²) in [7, 11) is 0. The number of nitrogens with zero attached hydrogens (tertiary/aromatic N) is 1. The Morgan fingerprint density at radius 3 is 2.62 bits per heavy atom. The lowest BCUT2D eigenvalue weighted by Crippen LogP contribution is -2.34. The first-order valence-corrected chi connectivity index (χ1v) is 10.8. The fraction of sp³-hybridized carbons (Fsp3) is 0.0870. The molecular weight excluding hydrogens is 469 g/mol. The van der Waals surface area contributed by atoms with Gasteiger partial charge in [0.05, 0.1) is 17.2 Å². The quantitative estimate of drug-likeness (QED) is 0.321. The number of benzene rings is 3. The molecule has 1 amide bonds. The molecule has 0 unspecified atom stereocenters. The number of anilines is 1. The first kappa shape index (κ1) is 22.1. The van der Waals surface area contributed by atoms with Crippen LogP contribution in [-0.2, 0) is 0 Å². The van der Waals surface area contributed by atoms with Gasteiger partial charge in [-0.1, -0.05) is 23.2 Å². The second-order valence-electron chi connectivity index (χ2n) is 6.69. The summed E-state index contributed by atoms with van der Waals surface area (Å²) in [6.45, 7) is 2.45. The van der Waals surface area contributed by atoms with Crippen molar-refractivity contribution in [2.24, 2.45) is 0 Å². The number of oxazole rings is 1. The maximum Gasteiger partial charge on any atom is 0.257 e. The van der Waals surface area contributed by atoms with E-state index < -0.39 is 0 Å². The fourth-order valence-electron chi connectivity index (χ4n) is 2.99. The van der Waals surface area contributed by atoms with E-state index in [0.717, 1.165) is 0 Å². The molecule has 32 heavy (non-hydrogen) atoms. The molecule has 0 aliphatic rings. The zero-order valence-corrected chi connectivity index (χ0v) is 19.1. The van der Waals surface area contributed by atoms with Crippen molar-refractivity contribution in [3.63, 3.8) is 0 Å². The van der Waals surface area contributed by atoms with Gasteiger partial charge in [-0.05, 0) is 79.8 Å². The summed E-state index contributed by atoms with van der Waals surface area (Å²) in [6, 6.07) is 17.2. The molecule has 162 valence electrons. The topological polar surface area (TPSA) is 76.4 Å². The molecule has 6 nitrogen and oxygen atoms in total. The fourth-order valence-corrected chi connectivity index (χ4v) is 3.56. The third-order valence-electron chi connectivity index (χ3n) is 4.46. The van der Waals surface area contributed by atoms with Crippen LogP contribution in [0.25, 0.3) is 22.6 Å². The second-order valence-corrected chi connectivity index (χ2v) is 7.94. The number of thiocarbonyl (C=S) groups is 1. The first-order chi connectivity index (χ1) is 15.4. The van der Waals surface area contributed by atoms with Crippen molar-refractivity contribution in [3.8, 4) is 17.2 Å². The van der Waals surface area contributed by atoms with Gasteiger partial charge in [-0.2, -0.15) is 0 Å². The molecule has 0 atom stereocenters. The predicted octanol–water partition coefficient (Wildman–Crippen LogP) is 6.33. The number of carbonyl (C=O) groups is 1. The van der Waals surface area contributed by atoms with Crippen molar-refractivity contribution in [1.82, 2.24) is 10.3 Å². The lowest BCUT2D eigenvalue weighted by molar-refractivity contribution is 0.0977. The van der Waals surface area contributed by atoms with Gasteiger partial charge < -0.3 is 14.5 Å². The largest absolute Gasteiger partial charge is 0.494 e. The molecular formula is C23H17Cl2N3O3S. The number of aromatic nitrogens is 1. The van der Waals surface area contributed by atoms with E-state index in [2.05, 4.69) is 15.6 Å². The number of hydrogen-bond donors (Lipinski definition) is 2. The summed E-state index contributed by atoms with van der Waals surface area (Å²) in [5.74, 6) is 0.704. The third-order valence-corrected chi connectivity index (χ3v) is 5.23. The van der Waals surface area contributed by atoms with Crippen LogP contribution in [0, 0.1) is 0 Å². The van der Waals surface area contributed by atoms with Crippen LogP contribution >= 0.6 is 35.4 Å². The molecule has 3 aromatic carbocycles. The molecule has 1 aromatic heterocycles.